The van der Waals surface area contributed by atoms with Gasteiger partial charge in [-0.15, -0.1) is 0 Å². The number of fused-ring (bicyclic) bond motifs is 5. The lowest BCUT2D eigenvalue weighted by molar-refractivity contribution is -0.0899. The highest BCUT2D eigenvalue weighted by Crippen LogP contribution is 2.66. The Labute approximate surface area is 118 Å². The van der Waals surface area contributed by atoms with E-state index in [1.165, 1.54) is 51.4 Å². The van der Waals surface area contributed by atoms with Crippen molar-refractivity contribution in [3.63, 3.8) is 0 Å². The summed E-state index contributed by atoms with van der Waals surface area (Å²) in [6, 6.07) is 0. The van der Waals surface area contributed by atoms with Gasteiger partial charge in [-0.3, -0.25) is 0 Å². The van der Waals surface area contributed by atoms with E-state index in [-0.39, 0.29) is 6.10 Å². The van der Waals surface area contributed by atoms with Crippen LogP contribution in [0.25, 0.3) is 0 Å². The van der Waals surface area contributed by atoms with Gasteiger partial charge in [-0.25, -0.2) is 0 Å². The maximum absolute atomic E-state index is 10.3. The van der Waals surface area contributed by atoms with Crippen LogP contribution >= 0.6 is 0 Å². The molecule has 0 aliphatic heterocycles. The Morgan fingerprint density at radius 3 is 2.47 bits per heavy atom. The SMILES string of the molecule is C[C@]12CCC(O)C1CCC1C2CC[C@]2(C)CCC[C@@H]12. The van der Waals surface area contributed by atoms with Gasteiger partial charge < -0.3 is 5.11 Å². The zero-order chi connectivity index (χ0) is 13.3. The fourth-order valence-corrected chi connectivity index (χ4v) is 7.14. The molecule has 0 heterocycles. The van der Waals surface area contributed by atoms with E-state index in [2.05, 4.69) is 13.8 Å². The minimum Gasteiger partial charge on any atom is -0.393 e. The fourth-order valence-electron chi connectivity index (χ4n) is 7.14. The number of aliphatic hydroxyl groups excluding tert-OH is 1. The molecule has 4 fully saturated rings. The summed E-state index contributed by atoms with van der Waals surface area (Å²) in [6.45, 7) is 5.11. The smallest absolute Gasteiger partial charge is 0.0573 e. The lowest BCUT2D eigenvalue weighted by Gasteiger charge is -2.57. The van der Waals surface area contributed by atoms with Crippen LogP contribution < -0.4 is 0 Å². The topological polar surface area (TPSA) is 20.2 Å². The molecule has 1 heteroatoms. The van der Waals surface area contributed by atoms with E-state index in [0.29, 0.717) is 16.7 Å². The molecule has 0 aromatic heterocycles. The van der Waals surface area contributed by atoms with Gasteiger partial charge in [-0.1, -0.05) is 20.3 Å². The first-order chi connectivity index (χ1) is 9.05. The molecule has 4 rings (SSSR count). The molecule has 0 amide bonds. The van der Waals surface area contributed by atoms with Crippen LogP contribution in [-0.2, 0) is 0 Å². The lowest BCUT2D eigenvalue weighted by atomic mass is 9.48. The van der Waals surface area contributed by atoms with Crippen molar-refractivity contribution >= 4 is 0 Å². The van der Waals surface area contributed by atoms with Crippen molar-refractivity contribution in [3.05, 3.63) is 0 Å². The lowest BCUT2D eigenvalue weighted by Crippen LogP contribution is -2.50. The Bertz CT molecular complexity index is 378. The predicted molar refractivity (Wildman–Crippen MR) is 77.7 cm³/mol. The van der Waals surface area contributed by atoms with Crippen molar-refractivity contribution in [2.24, 2.45) is 34.5 Å². The summed E-state index contributed by atoms with van der Waals surface area (Å²) in [5, 5.41) is 10.3. The molecule has 108 valence electrons. The second-order valence-corrected chi connectivity index (χ2v) is 8.76. The normalized spacial score (nSPS) is 60.5. The first-order valence-electron chi connectivity index (χ1n) is 8.73. The molecular formula is C18H30O. The summed E-state index contributed by atoms with van der Waals surface area (Å²) in [5.74, 6) is 3.56. The van der Waals surface area contributed by atoms with Gasteiger partial charge in [0.25, 0.3) is 0 Å². The highest BCUT2D eigenvalue weighted by atomic mass is 16.3. The van der Waals surface area contributed by atoms with Crippen LogP contribution in [0.3, 0.4) is 0 Å². The highest BCUT2D eigenvalue weighted by Gasteiger charge is 2.59. The molecule has 0 aromatic rings. The first-order valence-corrected chi connectivity index (χ1v) is 8.73. The molecule has 19 heavy (non-hydrogen) atoms. The van der Waals surface area contributed by atoms with Gasteiger partial charge in [0.15, 0.2) is 0 Å². The molecule has 0 radical (unpaired) electrons. The molecule has 1 N–H and O–H groups in total. The minimum atomic E-state index is 0.0165. The molecule has 0 bridgehead atoms. The van der Waals surface area contributed by atoms with E-state index in [4.69, 9.17) is 0 Å². The second-order valence-electron chi connectivity index (χ2n) is 8.76. The van der Waals surface area contributed by atoms with Gasteiger partial charge >= 0.3 is 0 Å². The van der Waals surface area contributed by atoms with Gasteiger partial charge in [0.1, 0.15) is 0 Å². The molecule has 4 aliphatic rings. The van der Waals surface area contributed by atoms with E-state index < -0.39 is 0 Å². The third-order valence-electron chi connectivity index (χ3n) is 8.17. The van der Waals surface area contributed by atoms with Gasteiger partial charge in [-0.05, 0) is 85.9 Å². The zero-order valence-electron chi connectivity index (χ0n) is 12.7. The van der Waals surface area contributed by atoms with Crippen LogP contribution in [0, 0.1) is 34.5 Å². The van der Waals surface area contributed by atoms with Crippen molar-refractivity contribution in [1.82, 2.24) is 0 Å². The number of hydrogen-bond donors (Lipinski definition) is 1. The van der Waals surface area contributed by atoms with Crippen molar-refractivity contribution in [1.29, 1.82) is 0 Å². The zero-order valence-corrected chi connectivity index (χ0v) is 12.7. The Morgan fingerprint density at radius 1 is 0.789 bits per heavy atom. The Balaban J connectivity index is 1.66. The van der Waals surface area contributed by atoms with E-state index in [1.54, 1.807) is 0 Å². The molecule has 0 aromatic carbocycles. The largest absolute Gasteiger partial charge is 0.393 e. The monoisotopic (exact) mass is 262 g/mol. The quantitative estimate of drug-likeness (QED) is 0.686. The first kappa shape index (κ1) is 12.7. The standard InChI is InChI=1S/C18H30O/c1-17-9-3-4-13(17)12-5-6-15-16(19)8-11-18(15,2)14(12)7-10-17/h12-16,19H,3-11H2,1-2H3/t12?,13-,14?,15?,16?,17-,18+/m0/s1. The van der Waals surface area contributed by atoms with Crippen LogP contribution in [0.1, 0.15) is 71.6 Å². The number of rotatable bonds is 0. The third-order valence-corrected chi connectivity index (χ3v) is 8.17. The molecule has 0 spiro atoms. The van der Waals surface area contributed by atoms with Crippen LogP contribution in [-0.4, -0.2) is 11.2 Å². The molecule has 7 atom stereocenters. The summed E-state index contributed by atoms with van der Waals surface area (Å²) >= 11 is 0. The van der Waals surface area contributed by atoms with E-state index >= 15 is 0 Å². The van der Waals surface area contributed by atoms with Gasteiger partial charge in [0.05, 0.1) is 6.10 Å². The van der Waals surface area contributed by atoms with Crippen LogP contribution in [0.4, 0.5) is 0 Å². The average molecular weight is 262 g/mol. The highest BCUT2D eigenvalue weighted by molar-refractivity contribution is 5.09. The van der Waals surface area contributed by atoms with Crippen molar-refractivity contribution in [2.45, 2.75) is 77.7 Å². The second kappa shape index (κ2) is 4.00. The van der Waals surface area contributed by atoms with Crippen molar-refractivity contribution in [2.75, 3.05) is 0 Å². The van der Waals surface area contributed by atoms with Crippen LogP contribution in [0.2, 0.25) is 0 Å². The number of hydrogen-bond acceptors (Lipinski definition) is 1. The summed E-state index contributed by atoms with van der Waals surface area (Å²) in [5.41, 5.74) is 1.16. The van der Waals surface area contributed by atoms with E-state index in [1.807, 2.05) is 0 Å². The third kappa shape index (κ3) is 1.57. The molecule has 4 unspecified atom stereocenters. The molecular weight excluding hydrogens is 232 g/mol. The Morgan fingerprint density at radius 2 is 1.63 bits per heavy atom. The maximum Gasteiger partial charge on any atom is 0.0573 e. The Hall–Kier alpha value is -0.0400. The van der Waals surface area contributed by atoms with E-state index in [0.717, 1.165) is 24.2 Å². The maximum atomic E-state index is 10.3. The molecule has 4 saturated carbocycles. The Kier molecular flexibility index (Phi) is 2.67. The summed E-state index contributed by atoms with van der Waals surface area (Å²) < 4.78 is 0. The average Bonchev–Trinajstić information content (AvgIpc) is 2.90. The fraction of sp³-hybridized carbons (Fsp3) is 1.00. The number of aliphatic hydroxyl groups is 1. The summed E-state index contributed by atoms with van der Waals surface area (Å²) in [4.78, 5) is 0. The van der Waals surface area contributed by atoms with Crippen LogP contribution in [0.5, 0.6) is 0 Å². The van der Waals surface area contributed by atoms with E-state index in [9.17, 15) is 5.11 Å². The molecule has 0 saturated heterocycles. The predicted octanol–water partition coefficient (Wildman–Crippen LogP) is 4.39. The van der Waals surface area contributed by atoms with Crippen molar-refractivity contribution in [3.8, 4) is 0 Å². The van der Waals surface area contributed by atoms with Crippen LogP contribution in [0.15, 0.2) is 0 Å². The molecule has 1 nitrogen and oxygen atoms in total. The van der Waals surface area contributed by atoms with Gasteiger partial charge in [0.2, 0.25) is 0 Å². The van der Waals surface area contributed by atoms with Crippen molar-refractivity contribution < 1.29 is 5.11 Å². The van der Waals surface area contributed by atoms with Gasteiger partial charge in [0, 0.05) is 0 Å². The van der Waals surface area contributed by atoms with Gasteiger partial charge in [-0.2, -0.15) is 0 Å². The summed E-state index contributed by atoms with van der Waals surface area (Å²) in [6.07, 6.45) is 12.5. The molecule has 4 aliphatic carbocycles. The minimum absolute atomic E-state index is 0.0165. The summed E-state index contributed by atoms with van der Waals surface area (Å²) in [7, 11) is 0.